The van der Waals surface area contributed by atoms with Gasteiger partial charge in [-0.15, -0.1) is 0 Å². The van der Waals surface area contributed by atoms with Crippen LogP contribution < -0.4 is 5.90 Å². The van der Waals surface area contributed by atoms with Gasteiger partial charge in [0.1, 0.15) is 0 Å². The summed E-state index contributed by atoms with van der Waals surface area (Å²) in [6, 6.07) is 17.8. The van der Waals surface area contributed by atoms with Gasteiger partial charge < -0.3 is 9.67 Å². The van der Waals surface area contributed by atoms with E-state index in [0.717, 1.165) is 23.1 Å². The highest BCUT2D eigenvalue weighted by atomic mass is 35.5. The number of allylic oxidation sites excluding steroid dienone is 2. The monoisotopic (exact) mass is 425 g/mol. The van der Waals surface area contributed by atoms with Crippen LogP contribution in [0.5, 0.6) is 0 Å². The summed E-state index contributed by atoms with van der Waals surface area (Å²) in [5.41, 5.74) is 3.27. The number of rotatable bonds is 10. The van der Waals surface area contributed by atoms with Gasteiger partial charge in [-0.3, -0.25) is 4.84 Å². The molecule has 2 aromatic carbocycles. The van der Waals surface area contributed by atoms with E-state index in [1.807, 2.05) is 60.8 Å². The average Bonchev–Trinajstić information content (AvgIpc) is 3.29. The molecule has 3 aromatic rings. The van der Waals surface area contributed by atoms with Crippen LogP contribution in [0.3, 0.4) is 0 Å². The van der Waals surface area contributed by atoms with Crippen molar-refractivity contribution in [3.05, 3.63) is 95.5 Å². The predicted molar refractivity (Wildman–Crippen MR) is 117 cm³/mol. The lowest BCUT2D eigenvalue weighted by molar-refractivity contribution is -0.151. The Morgan fingerprint density at radius 3 is 2.53 bits per heavy atom. The Bertz CT molecular complexity index is 957. The number of benzene rings is 2. The van der Waals surface area contributed by atoms with Crippen LogP contribution in [-0.4, -0.2) is 26.7 Å². The minimum Gasteiger partial charge on any atom is -0.479 e. The molecular weight excluding hydrogens is 402 g/mol. The fourth-order valence-electron chi connectivity index (χ4n) is 3.39. The molecule has 0 fully saturated rings. The van der Waals surface area contributed by atoms with Crippen molar-refractivity contribution in [2.75, 3.05) is 0 Å². The van der Waals surface area contributed by atoms with E-state index in [-0.39, 0.29) is 12.5 Å². The molecule has 2 unspecified atom stereocenters. The van der Waals surface area contributed by atoms with Gasteiger partial charge in [-0.1, -0.05) is 60.1 Å². The Morgan fingerprint density at radius 2 is 1.93 bits per heavy atom. The molecule has 7 heteroatoms. The first-order valence-corrected chi connectivity index (χ1v) is 10.0. The Kier molecular flexibility index (Phi) is 7.79. The first-order valence-electron chi connectivity index (χ1n) is 9.64. The van der Waals surface area contributed by atoms with E-state index < -0.39 is 12.1 Å². The number of hydrogen-bond donors (Lipinski definition) is 2. The zero-order chi connectivity index (χ0) is 21.3. The van der Waals surface area contributed by atoms with Gasteiger partial charge >= 0.3 is 5.97 Å². The fraction of sp³-hybridized carbons (Fsp3) is 0.217. The molecule has 0 aliphatic heterocycles. The lowest BCUT2D eigenvalue weighted by Crippen LogP contribution is -2.26. The van der Waals surface area contributed by atoms with Crippen LogP contribution in [0.1, 0.15) is 30.0 Å². The molecule has 3 N–H and O–H groups in total. The van der Waals surface area contributed by atoms with Crippen molar-refractivity contribution in [1.82, 2.24) is 9.55 Å². The third kappa shape index (κ3) is 5.79. The second-order valence-electron chi connectivity index (χ2n) is 6.92. The number of carbonyl (C=O) groups is 1. The Morgan fingerprint density at radius 1 is 1.20 bits per heavy atom. The van der Waals surface area contributed by atoms with Crippen molar-refractivity contribution in [2.24, 2.45) is 5.90 Å². The fourth-order valence-corrected chi connectivity index (χ4v) is 3.52. The zero-order valence-corrected chi connectivity index (χ0v) is 17.2. The standard InChI is InChI=1S/C23H24ClN3O3/c24-19-11-9-17(10-12-19)15-21(27-14-13-26-16-27)20(18-5-2-1-3-6-18)7-4-8-22(30-25)23(28)29/h1-3,5-7,9-14,16,21-22H,4,8,15,25H2,(H,28,29)/b20-7-. The number of carboxylic acid groups (broad SMARTS) is 1. The summed E-state index contributed by atoms with van der Waals surface area (Å²) in [5, 5.41) is 9.88. The summed E-state index contributed by atoms with van der Waals surface area (Å²) in [7, 11) is 0. The number of carboxylic acids is 1. The molecule has 0 saturated carbocycles. The predicted octanol–water partition coefficient (Wildman–Crippen LogP) is 4.53. The number of halogens is 1. The topological polar surface area (TPSA) is 90.4 Å². The molecule has 0 saturated heterocycles. The quantitative estimate of drug-likeness (QED) is 0.466. The number of aromatic nitrogens is 2. The maximum absolute atomic E-state index is 11.2. The maximum atomic E-state index is 11.2. The highest BCUT2D eigenvalue weighted by Crippen LogP contribution is 2.32. The first-order chi connectivity index (χ1) is 14.6. The number of nitrogens with two attached hydrogens (primary N) is 1. The lowest BCUT2D eigenvalue weighted by atomic mass is 9.91. The van der Waals surface area contributed by atoms with Crippen molar-refractivity contribution in [3.63, 3.8) is 0 Å². The Hall–Kier alpha value is -2.93. The molecule has 1 aromatic heterocycles. The summed E-state index contributed by atoms with van der Waals surface area (Å²) in [6.45, 7) is 0. The molecule has 156 valence electrons. The molecular formula is C23H24ClN3O3. The van der Waals surface area contributed by atoms with E-state index in [1.165, 1.54) is 0 Å². The van der Waals surface area contributed by atoms with Crippen molar-refractivity contribution in [2.45, 2.75) is 31.4 Å². The van der Waals surface area contributed by atoms with Crippen LogP contribution in [0.2, 0.25) is 5.02 Å². The van der Waals surface area contributed by atoms with E-state index in [1.54, 1.807) is 12.5 Å². The largest absolute Gasteiger partial charge is 0.479 e. The third-order valence-electron chi connectivity index (χ3n) is 4.93. The van der Waals surface area contributed by atoms with Gasteiger partial charge in [0.15, 0.2) is 6.10 Å². The van der Waals surface area contributed by atoms with Gasteiger partial charge in [-0.05, 0) is 48.1 Å². The smallest absolute Gasteiger partial charge is 0.334 e. The molecule has 0 bridgehead atoms. The van der Waals surface area contributed by atoms with Gasteiger partial charge in [0.05, 0.1) is 12.4 Å². The molecule has 0 aliphatic carbocycles. The van der Waals surface area contributed by atoms with Crippen LogP contribution in [0, 0.1) is 0 Å². The van der Waals surface area contributed by atoms with Crippen molar-refractivity contribution >= 4 is 23.1 Å². The number of aliphatic carboxylic acids is 1. The first kappa shape index (κ1) is 21.8. The summed E-state index contributed by atoms with van der Waals surface area (Å²) in [6.07, 6.45) is 8.00. The van der Waals surface area contributed by atoms with Crippen LogP contribution in [-0.2, 0) is 16.1 Å². The van der Waals surface area contributed by atoms with E-state index in [9.17, 15) is 9.90 Å². The molecule has 30 heavy (non-hydrogen) atoms. The van der Waals surface area contributed by atoms with Gasteiger partial charge in [0.2, 0.25) is 0 Å². The average molecular weight is 426 g/mol. The van der Waals surface area contributed by atoms with Crippen molar-refractivity contribution in [3.8, 4) is 0 Å². The van der Waals surface area contributed by atoms with E-state index >= 15 is 0 Å². The van der Waals surface area contributed by atoms with E-state index in [4.69, 9.17) is 17.5 Å². The Balaban J connectivity index is 1.95. The second-order valence-corrected chi connectivity index (χ2v) is 7.36. The molecule has 0 spiro atoms. The van der Waals surface area contributed by atoms with Gasteiger partial charge in [0.25, 0.3) is 0 Å². The zero-order valence-electron chi connectivity index (χ0n) is 16.4. The summed E-state index contributed by atoms with van der Waals surface area (Å²) in [4.78, 5) is 20.0. The van der Waals surface area contributed by atoms with Crippen LogP contribution >= 0.6 is 11.6 Å². The van der Waals surface area contributed by atoms with E-state index in [2.05, 4.69) is 20.5 Å². The van der Waals surface area contributed by atoms with E-state index in [0.29, 0.717) is 11.4 Å². The SMILES string of the molecule is NOC(CC/C=C(/c1ccccc1)C(Cc1ccc(Cl)cc1)n1ccnc1)C(=O)O. The normalized spacial score (nSPS) is 13.7. The molecule has 1 heterocycles. The van der Waals surface area contributed by atoms with Gasteiger partial charge in [0, 0.05) is 17.4 Å². The highest BCUT2D eigenvalue weighted by molar-refractivity contribution is 6.30. The molecule has 6 nitrogen and oxygen atoms in total. The second kappa shape index (κ2) is 10.7. The van der Waals surface area contributed by atoms with Crippen LogP contribution in [0.25, 0.3) is 5.57 Å². The third-order valence-corrected chi connectivity index (χ3v) is 5.18. The minimum atomic E-state index is -1.07. The lowest BCUT2D eigenvalue weighted by Gasteiger charge is -2.23. The van der Waals surface area contributed by atoms with Crippen molar-refractivity contribution in [1.29, 1.82) is 0 Å². The molecule has 0 radical (unpaired) electrons. The van der Waals surface area contributed by atoms with Crippen molar-refractivity contribution < 1.29 is 14.7 Å². The molecule has 3 rings (SSSR count). The molecule has 0 amide bonds. The number of hydrogen-bond acceptors (Lipinski definition) is 4. The maximum Gasteiger partial charge on any atom is 0.334 e. The molecule has 2 atom stereocenters. The van der Waals surface area contributed by atoms with Crippen LogP contribution in [0.15, 0.2) is 79.4 Å². The number of nitrogens with zero attached hydrogens (tertiary/aromatic N) is 2. The Labute approximate surface area is 180 Å². The minimum absolute atomic E-state index is 0.0295. The van der Waals surface area contributed by atoms with Crippen LogP contribution in [0.4, 0.5) is 0 Å². The highest BCUT2D eigenvalue weighted by Gasteiger charge is 2.20. The number of imidazole rings is 1. The van der Waals surface area contributed by atoms with Gasteiger partial charge in [-0.25, -0.2) is 15.7 Å². The summed E-state index contributed by atoms with van der Waals surface area (Å²) < 4.78 is 2.06. The van der Waals surface area contributed by atoms with Gasteiger partial charge in [-0.2, -0.15) is 0 Å². The summed E-state index contributed by atoms with van der Waals surface area (Å²) >= 11 is 6.05. The molecule has 0 aliphatic rings. The summed E-state index contributed by atoms with van der Waals surface area (Å²) in [5.74, 6) is 4.06.